The Balaban J connectivity index is 2.12. The van der Waals surface area contributed by atoms with Crippen molar-refractivity contribution < 1.29 is 4.74 Å². The summed E-state index contributed by atoms with van der Waals surface area (Å²) in [7, 11) is 0. The summed E-state index contributed by atoms with van der Waals surface area (Å²) in [6, 6.07) is 3.91. The molecule has 1 atom stereocenters. The summed E-state index contributed by atoms with van der Waals surface area (Å²) in [5.74, 6) is 0. The summed E-state index contributed by atoms with van der Waals surface area (Å²) in [5.41, 5.74) is -0.0683. The highest BCUT2D eigenvalue weighted by Crippen LogP contribution is 2.33. The molecule has 0 saturated carbocycles. The minimum atomic E-state index is -0.0683. The Morgan fingerprint density at radius 3 is 2.85 bits per heavy atom. The fraction of sp³-hybridized carbons (Fsp3) is 0.556. The highest BCUT2D eigenvalue weighted by atomic mass is 35.5. The number of hydrogen-bond donors (Lipinski definition) is 1. The van der Waals surface area contributed by atoms with E-state index in [1.165, 1.54) is 0 Å². The van der Waals surface area contributed by atoms with E-state index in [4.69, 9.17) is 16.3 Å². The highest BCUT2D eigenvalue weighted by Gasteiger charge is 2.32. The zero-order valence-corrected chi connectivity index (χ0v) is 9.21. The summed E-state index contributed by atoms with van der Waals surface area (Å²) in [6.45, 7) is 5.04. The molecule has 1 aliphatic rings. The molecular weight excluding hydrogens is 206 g/mol. The number of rotatable bonds is 1. The molecule has 1 aliphatic heterocycles. The van der Waals surface area contributed by atoms with E-state index in [-0.39, 0.29) is 11.8 Å². The smallest absolute Gasteiger partial charge is 0.144 e. The minimum absolute atomic E-state index is 0.0208. The number of halogens is 1. The lowest BCUT2D eigenvalue weighted by atomic mass is 10.1. The Labute approximate surface area is 86.9 Å². The summed E-state index contributed by atoms with van der Waals surface area (Å²) >= 11 is 7.41. The van der Waals surface area contributed by atoms with Gasteiger partial charge in [-0.05, 0) is 26.0 Å². The Hall–Kier alpha value is -0.0900. The average Bonchev–Trinajstić information content (AvgIpc) is 2.56. The van der Waals surface area contributed by atoms with Crippen molar-refractivity contribution in [1.82, 2.24) is 5.32 Å². The van der Waals surface area contributed by atoms with Gasteiger partial charge in [0.1, 0.15) is 6.23 Å². The average molecular weight is 218 g/mol. The third-order valence-corrected chi connectivity index (χ3v) is 3.28. The van der Waals surface area contributed by atoms with Crippen molar-refractivity contribution in [2.24, 2.45) is 0 Å². The van der Waals surface area contributed by atoms with E-state index in [2.05, 4.69) is 19.2 Å². The number of hydrogen-bond acceptors (Lipinski definition) is 3. The maximum absolute atomic E-state index is 5.85. The molecule has 1 aromatic rings. The molecule has 1 aromatic heterocycles. The van der Waals surface area contributed by atoms with Gasteiger partial charge in [0.15, 0.2) is 0 Å². The number of nitrogens with one attached hydrogen (secondary N) is 1. The monoisotopic (exact) mass is 217 g/mol. The summed E-state index contributed by atoms with van der Waals surface area (Å²) in [5, 5.41) is 3.31. The first-order valence-electron chi connectivity index (χ1n) is 4.23. The summed E-state index contributed by atoms with van der Waals surface area (Å²) in [6.07, 6.45) is 0.0208. The molecule has 1 fully saturated rings. The van der Waals surface area contributed by atoms with Gasteiger partial charge >= 0.3 is 0 Å². The quantitative estimate of drug-likeness (QED) is 0.781. The Kier molecular flexibility index (Phi) is 2.36. The molecule has 13 heavy (non-hydrogen) atoms. The van der Waals surface area contributed by atoms with Crippen LogP contribution in [0.4, 0.5) is 0 Å². The lowest BCUT2D eigenvalue weighted by Crippen LogP contribution is -2.23. The van der Waals surface area contributed by atoms with Gasteiger partial charge in [-0.2, -0.15) is 0 Å². The van der Waals surface area contributed by atoms with E-state index in [9.17, 15) is 0 Å². The van der Waals surface area contributed by atoms with Crippen molar-refractivity contribution in [1.29, 1.82) is 0 Å². The predicted octanol–water partition coefficient (Wildman–Crippen LogP) is 2.80. The predicted molar refractivity (Wildman–Crippen MR) is 55.2 cm³/mol. The first-order chi connectivity index (χ1) is 6.07. The summed E-state index contributed by atoms with van der Waals surface area (Å²) < 4.78 is 6.60. The third kappa shape index (κ3) is 2.05. The molecule has 2 rings (SSSR count). The van der Waals surface area contributed by atoms with Crippen LogP contribution in [0, 0.1) is 0 Å². The maximum Gasteiger partial charge on any atom is 0.144 e. The highest BCUT2D eigenvalue weighted by molar-refractivity contribution is 7.16. The summed E-state index contributed by atoms with van der Waals surface area (Å²) in [4.78, 5) is 1.15. The molecule has 1 N–H and O–H groups in total. The lowest BCUT2D eigenvalue weighted by Gasteiger charge is -2.16. The van der Waals surface area contributed by atoms with Crippen LogP contribution >= 0.6 is 22.9 Å². The lowest BCUT2D eigenvalue weighted by molar-refractivity contribution is -0.0139. The molecule has 0 amide bonds. The van der Waals surface area contributed by atoms with Crippen molar-refractivity contribution in [2.75, 3.05) is 6.54 Å². The molecule has 0 radical (unpaired) electrons. The van der Waals surface area contributed by atoms with Crippen molar-refractivity contribution in [3.8, 4) is 0 Å². The van der Waals surface area contributed by atoms with Gasteiger partial charge < -0.3 is 4.74 Å². The first-order valence-corrected chi connectivity index (χ1v) is 5.43. The van der Waals surface area contributed by atoms with Crippen molar-refractivity contribution in [3.63, 3.8) is 0 Å². The molecule has 2 nitrogen and oxygen atoms in total. The maximum atomic E-state index is 5.85. The number of ether oxygens (including phenoxy) is 1. The van der Waals surface area contributed by atoms with Crippen LogP contribution in [0.5, 0.6) is 0 Å². The SMILES string of the molecule is CC1(C)CNC(c2ccc(Cl)s2)O1. The van der Waals surface area contributed by atoms with Gasteiger partial charge in [-0.1, -0.05) is 11.6 Å². The van der Waals surface area contributed by atoms with Crippen LogP contribution in [0.25, 0.3) is 0 Å². The van der Waals surface area contributed by atoms with Crippen LogP contribution in [0.2, 0.25) is 4.34 Å². The fourth-order valence-electron chi connectivity index (χ4n) is 1.37. The van der Waals surface area contributed by atoms with Gasteiger partial charge in [-0.3, -0.25) is 5.32 Å². The Bertz CT molecular complexity index is 310. The standard InChI is InChI=1S/C9H12ClNOS/c1-9(2)5-11-8(12-9)6-3-4-7(10)13-6/h3-4,8,11H,5H2,1-2H3. The second-order valence-electron chi connectivity index (χ2n) is 3.78. The van der Waals surface area contributed by atoms with Gasteiger partial charge in [-0.25, -0.2) is 0 Å². The normalized spacial score (nSPS) is 26.5. The fourth-order valence-corrected chi connectivity index (χ4v) is 2.43. The van der Waals surface area contributed by atoms with E-state index in [1.54, 1.807) is 11.3 Å². The van der Waals surface area contributed by atoms with Gasteiger partial charge in [0, 0.05) is 11.4 Å². The molecule has 1 unspecified atom stereocenters. The topological polar surface area (TPSA) is 21.3 Å². The van der Waals surface area contributed by atoms with E-state index in [1.807, 2.05) is 12.1 Å². The second kappa shape index (κ2) is 3.24. The van der Waals surface area contributed by atoms with Crippen LogP contribution in [-0.4, -0.2) is 12.1 Å². The molecule has 0 aromatic carbocycles. The van der Waals surface area contributed by atoms with Crippen LogP contribution in [-0.2, 0) is 4.74 Å². The molecule has 0 bridgehead atoms. The van der Waals surface area contributed by atoms with Crippen LogP contribution in [0.1, 0.15) is 25.0 Å². The van der Waals surface area contributed by atoms with Gasteiger partial charge in [0.25, 0.3) is 0 Å². The third-order valence-electron chi connectivity index (χ3n) is 2.00. The van der Waals surface area contributed by atoms with Gasteiger partial charge in [-0.15, -0.1) is 11.3 Å². The molecule has 2 heterocycles. The zero-order chi connectivity index (χ0) is 9.47. The second-order valence-corrected chi connectivity index (χ2v) is 5.53. The largest absolute Gasteiger partial charge is 0.351 e. The van der Waals surface area contributed by atoms with E-state index in [0.717, 1.165) is 15.8 Å². The van der Waals surface area contributed by atoms with Crippen molar-refractivity contribution in [2.45, 2.75) is 25.7 Å². The molecule has 0 spiro atoms. The van der Waals surface area contributed by atoms with E-state index in [0.29, 0.717) is 0 Å². The zero-order valence-electron chi connectivity index (χ0n) is 7.63. The van der Waals surface area contributed by atoms with Crippen LogP contribution in [0.15, 0.2) is 12.1 Å². The van der Waals surface area contributed by atoms with Crippen molar-refractivity contribution in [3.05, 3.63) is 21.3 Å². The van der Waals surface area contributed by atoms with Crippen molar-refractivity contribution >= 4 is 22.9 Å². The van der Waals surface area contributed by atoms with Crippen LogP contribution in [0.3, 0.4) is 0 Å². The molecule has 72 valence electrons. The van der Waals surface area contributed by atoms with E-state index >= 15 is 0 Å². The van der Waals surface area contributed by atoms with Crippen LogP contribution < -0.4 is 5.32 Å². The molecule has 4 heteroatoms. The number of thiophene rings is 1. The van der Waals surface area contributed by atoms with Gasteiger partial charge in [0.2, 0.25) is 0 Å². The molecule has 1 saturated heterocycles. The minimum Gasteiger partial charge on any atom is -0.351 e. The first kappa shape index (κ1) is 9.46. The molecule has 0 aliphatic carbocycles. The van der Waals surface area contributed by atoms with Gasteiger partial charge in [0.05, 0.1) is 9.94 Å². The Morgan fingerprint density at radius 2 is 2.38 bits per heavy atom. The molecular formula is C9H12ClNOS. The van der Waals surface area contributed by atoms with E-state index < -0.39 is 0 Å². The Morgan fingerprint density at radius 1 is 1.62 bits per heavy atom.